The number of halogens is 1. The smallest absolute Gasteiger partial charge is 0.264 e. The molecule has 1 atom stereocenters. The third kappa shape index (κ3) is 4.16. The third-order valence-corrected chi connectivity index (χ3v) is 5.41. The summed E-state index contributed by atoms with van der Waals surface area (Å²) in [6.45, 7) is 2.05. The van der Waals surface area contributed by atoms with Gasteiger partial charge in [0.05, 0.1) is 5.25 Å². The van der Waals surface area contributed by atoms with Crippen LogP contribution >= 0.6 is 23.4 Å². The van der Waals surface area contributed by atoms with Crippen molar-refractivity contribution < 1.29 is 9.59 Å². The zero-order valence-corrected chi connectivity index (χ0v) is 16.1. The van der Waals surface area contributed by atoms with Crippen molar-refractivity contribution >= 4 is 40.9 Å². The van der Waals surface area contributed by atoms with Gasteiger partial charge in [0.1, 0.15) is 16.7 Å². The Morgan fingerprint density at radius 2 is 1.89 bits per heavy atom. The summed E-state index contributed by atoms with van der Waals surface area (Å²) < 4.78 is 0. The van der Waals surface area contributed by atoms with Crippen molar-refractivity contribution in [3.05, 3.63) is 75.8 Å². The van der Waals surface area contributed by atoms with Gasteiger partial charge in [-0.05, 0) is 36.8 Å². The monoisotopic (exact) mass is 397 g/mol. The quantitative estimate of drug-likeness (QED) is 0.628. The van der Waals surface area contributed by atoms with Gasteiger partial charge in [-0.3, -0.25) is 14.5 Å². The van der Waals surface area contributed by atoms with E-state index in [1.54, 1.807) is 31.2 Å². The molecule has 2 aromatic rings. The number of nitrogens with one attached hydrogen (secondary N) is 1. The lowest BCUT2D eigenvalue weighted by molar-refractivity contribution is -0.117. The largest absolute Gasteiger partial charge is 0.347 e. The maximum absolute atomic E-state index is 12.6. The molecule has 0 radical (unpaired) electrons. The van der Waals surface area contributed by atoms with Crippen molar-refractivity contribution in [2.24, 2.45) is 0 Å². The molecule has 27 heavy (non-hydrogen) atoms. The number of rotatable bonds is 4. The second-order valence-electron chi connectivity index (χ2n) is 5.87. The average molecular weight is 398 g/mol. The molecule has 0 aromatic heterocycles. The van der Waals surface area contributed by atoms with Crippen molar-refractivity contribution in [3.8, 4) is 6.07 Å². The number of carbonyl (C=O) groups is 2. The van der Waals surface area contributed by atoms with Gasteiger partial charge in [0.2, 0.25) is 5.91 Å². The molecule has 0 saturated carbocycles. The summed E-state index contributed by atoms with van der Waals surface area (Å²) in [5, 5.41) is 12.8. The third-order valence-electron chi connectivity index (χ3n) is 3.99. The minimum atomic E-state index is -0.510. The van der Waals surface area contributed by atoms with Crippen LogP contribution in [0.15, 0.2) is 65.2 Å². The molecule has 1 saturated heterocycles. The summed E-state index contributed by atoms with van der Waals surface area (Å²) in [7, 11) is 0. The molecular weight excluding hydrogens is 382 g/mol. The maximum atomic E-state index is 12.6. The number of benzene rings is 2. The van der Waals surface area contributed by atoms with E-state index in [2.05, 4.69) is 5.32 Å². The van der Waals surface area contributed by atoms with Crippen LogP contribution in [0.3, 0.4) is 0 Å². The maximum Gasteiger partial charge on any atom is 0.264 e. The number of nitriles is 1. The zero-order chi connectivity index (χ0) is 19.4. The predicted octanol–water partition coefficient (Wildman–Crippen LogP) is 3.86. The van der Waals surface area contributed by atoms with Crippen LogP contribution in [0.2, 0.25) is 5.02 Å². The molecule has 2 amide bonds. The molecule has 1 aliphatic rings. The lowest BCUT2D eigenvalue weighted by Crippen LogP contribution is -2.30. The zero-order valence-electron chi connectivity index (χ0n) is 14.5. The Morgan fingerprint density at radius 1 is 1.22 bits per heavy atom. The average Bonchev–Trinajstić information content (AvgIpc) is 2.97. The first-order valence-electron chi connectivity index (χ1n) is 8.24. The highest BCUT2D eigenvalue weighted by Gasteiger charge is 2.38. The predicted molar refractivity (Wildman–Crippen MR) is 107 cm³/mol. The van der Waals surface area contributed by atoms with E-state index in [1.165, 1.54) is 16.7 Å². The number of anilines is 1. The Balaban J connectivity index is 1.91. The van der Waals surface area contributed by atoms with E-state index in [0.29, 0.717) is 22.3 Å². The molecule has 1 aliphatic heterocycles. The normalized spacial score (nSPS) is 18.2. The Kier molecular flexibility index (Phi) is 5.84. The van der Waals surface area contributed by atoms with E-state index < -0.39 is 5.91 Å². The van der Waals surface area contributed by atoms with Crippen molar-refractivity contribution in [1.29, 1.82) is 5.26 Å². The minimum absolute atomic E-state index is 0.0800. The van der Waals surface area contributed by atoms with Crippen LogP contribution in [0.25, 0.3) is 0 Å². The van der Waals surface area contributed by atoms with E-state index in [-0.39, 0.29) is 16.7 Å². The summed E-state index contributed by atoms with van der Waals surface area (Å²) in [4.78, 5) is 26.6. The Labute approximate surface area is 166 Å². The number of amides is 2. The molecule has 0 bridgehead atoms. The fourth-order valence-corrected chi connectivity index (χ4v) is 3.84. The Morgan fingerprint density at radius 3 is 2.52 bits per heavy atom. The summed E-state index contributed by atoms with van der Waals surface area (Å²) in [5.41, 5.74) is 1.41. The van der Waals surface area contributed by atoms with E-state index in [4.69, 9.17) is 11.6 Å². The highest BCUT2D eigenvalue weighted by molar-refractivity contribution is 8.05. The molecule has 5 nitrogen and oxygen atoms in total. The van der Waals surface area contributed by atoms with Crippen LogP contribution in [0.5, 0.6) is 0 Å². The van der Waals surface area contributed by atoms with Gasteiger partial charge in [0.25, 0.3) is 5.91 Å². The van der Waals surface area contributed by atoms with E-state index in [0.717, 1.165) is 5.56 Å². The first-order chi connectivity index (χ1) is 13.0. The molecule has 136 valence electrons. The molecule has 1 N–H and O–H groups in total. The first kappa shape index (κ1) is 19.0. The number of hydrogen-bond donors (Lipinski definition) is 1. The molecule has 7 heteroatoms. The van der Waals surface area contributed by atoms with Crippen LogP contribution in [0, 0.1) is 11.3 Å². The van der Waals surface area contributed by atoms with Crippen LogP contribution in [0.4, 0.5) is 5.69 Å². The number of nitrogens with zero attached hydrogens (tertiary/aromatic N) is 2. The standard InChI is InChI=1S/C20H16ClN3O2S/c1-13-19(26)24(16-9-7-15(21)8-10-16)20(27-13)17(11-22)18(25)23-12-14-5-3-2-4-6-14/h2-10,13H,12H2,1H3,(H,23,25)/b20-17-/t13-/m0/s1. The van der Waals surface area contributed by atoms with E-state index >= 15 is 0 Å². The fraction of sp³-hybridized carbons (Fsp3) is 0.150. The fourth-order valence-electron chi connectivity index (χ4n) is 2.62. The van der Waals surface area contributed by atoms with Gasteiger partial charge in [0.15, 0.2) is 0 Å². The van der Waals surface area contributed by atoms with Gasteiger partial charge in [-0.25, -0.2) is 0 Å². The summed E-state index contributed by atoms with van der Waals surface area (Å²) in [6, 6.07) is 18.1. The molecule has 0 spiro atoms. The van der Waals surface area contributed by atoms with Crippen LogP contribution < -0.4 is 10.2 Å². The lowest BCUT2D eigenvalue weighted by Gasteiger charge is -2.18. The molecule has 1 heterocycles. The number of carbonyl (C=O) groups excluding carboxylic acids is 2. The topological polar surface area (TPSA) is 73.2 Å². The van der Waals surface area contributed by atoms with Crippen LogP contribution in [-0.4, -0.2) is 17.1 Å². The van der Waals surface area contributed by atoms with E-state index in [1.807, 2.05) is 36.4 Å². The highest BCUT2D eigenvalue weighted by Crippen LogP contribution is 2.40. The van der Waals surface area contributed by atoms with Crippen molar-refractivity contribution in [2.75, 3.05) is 4.90 Å². The van der Waals surface area contributed by atoms with Gasteiger partial charge in [-0.15, -0.1) is 0 Å². The summed E-state index contributed by atoms with van der Waals surface area (Å²) in [5.74, 6) is -0.689. The molecule has 3 rings (SSSR count). The summed E-state index contributed by atoms with van der Waals surface area (Å²) >= 11 is 7.13. The lowest BCUT2D eigenvalue weighted by atomic mass is 10.2. The Bertz CT molecular complexity index is 936. The van der Waals surface area contributed by atoms with Gasteiger partial charge in [-0.2, -0.15) is 5.26 Å². The second-order valence-corrected chi connectivity index (χ2v) is 7.64. The Hall–Kier alpha value is -2.75. The minimum Gasteiger partial charge on any atom is -0.347 e. The molecule has 0 unspecified atom stereocenters. The van der Waals surface area contributed by atoms with E-state index in [9.17, 15) is 14.9 Å². The highest BCUT2D eigenvalue weighted by atomic mass is 35.5. The molecule has 1 fully saturated rings. The van der Waals surface area contributed by atoms with Crippen molar-refractivity contribution in [1.82, 2.24) is 5.32 Å². The number of thioether (sulfide) groups is 1. The van der Waals surface area contributed by atoms with Crippen LogP contribution in [0.1, 0.15) is 12.5 Å². The van der Waals surface area contributed by atoms with Crippen molar-refractivity contribution in [2.45, 2.75) is 18.7 Å². The molecule has 2 aromatic carbocycles. The second kappa shape index (κ2) is 8.30. The van der Waals surface area contributed by atoms with Gasteiger partial charge in [-0.1, -0.05) is 53.7 Å². The van der Waals surface area contributed by atoms with Gasteiger partial charge < -0.3 is 5.32 Å². The molecule has 0 aliphatic carbocycles. The van der Waals surface area contributed by atoms with Gasteiger partial charge >= 0.3 is 0 Å². The summed E-state index contributed by atoms with van der Waals surface area (Å²) in [6.07, 6.45) is 0. The van der Waals surface area contributed by atoms with Crippen molar-refractivity contribution in [3.63, 3.8) is 0 Å². The number of hydrogen-bond acceptors (Lipinski definition) is 4. The first-order valence-corrected chi connectivity index (χ1v) is 9.49. The molecular formula is C20H16ClN3O2S. The SMILES string of the molecule is C[C@@H]1S/C(=C(/C#N)C(=O)NCc2ccccc2)N(c2ccc(Cl)cc2)C1=O. The van der Waals surface area contributed by atoms with Gasteiger partial charge in [0, 0.05) is 17.3 Å². The van der Waals surface area contributed by atoms with Crippen LogP contribution in [-0.2, 0) is 16.1 Å².